The van der Waals surface area contributed by atoms with Crippen molar-refractivity contribution >= 4 is 0 Å². The molecule has 20 heavy (non-hydrogen) atoms. The summed E-state index contributed by atoms with van der Waals surface area (Å²) in [6, 6.07) is 6.53. The van der Waals surface area contributed by atoms with E-state index in [1.165, 1.54) is 16.7 Å². The topological polar surface area (TPSA) is 39.1 Å². The summed E-state index contributed by atoms with van der Waals surface area (Å²) in [4.78, 5) is 0. The Hall–Kier alpha value is -1.81. The van der Waals surface area contributed by atoms with Crippen LogP contribution >= 0.6 is 0 Å². The summed E-state index contributed by atoms with van der Waals surface area (Å²) in [5.41, 5.74) is 5.09. The maximum atomic E-state index is 5.54. The molecule has 0 spiro atoms. The Bertz CT molecular complexity index is 604. The lowest BCUT2D eigenvalue weighted by atomic mass is 10.1. The van der Waals surface area contributed by atoms with Crippen molar-refractivity contribution in [1.82, 2.24) is 15.1 Å². The largest absolute Gasteiger partial charge is 0.493 e. The van der Waals surface area contributed by atoms with E-state index in [4.69, 9.17) is 4.74 Å². The number of nitrogens with one attached hydrogen (secondary N) is 1. The summed E-state index contributed by atoms with van der Waals surface area (Å²) in [6.07, 6.45) is 4.19. The van der Waals surface area contributed by atoms with E-state index in [1.807, 2.05) is 11.7 Å². The number of hydrogen-bond acceptors (Lipinski definition) is 3. The molecule has 1 aliphatic heterocycles. The van der Waals surface area contributed by atoms with E-state index < -0.39 is 0 Å². The second-order valence-electron chi connectivity index (χ2n) is 5.32. The van der Waals surface area contributed by atoms with Crippen LogP contribution in [0.5, 0.6) is 5.75 Å². The summed E-state index contributed by atoms with van der Waals surface area (Å²) in [5.74, 6) is 1.06. The second kappa shape index (κ2) is 5.67. The van der Waals surface area contributed by atoms with Crippen LogP contribution in [0.1, 0.15) is 22.4 Å². The third kappa shape index (κ3) is 2.70. The van der Waals surface area contributed by atoms with E-state index in [0.29, 0.717) is 0 Å². The van der Waals surface area contributed by atoms with E-state index in [2.05, 4.69) is 41.7 Å². The lowest BCUT2D eigenvalue weighted by Gasteiger charge is -2.04. The van der Waals surface area contributed by atoms with Crippen molar-refractivity contribution in [1.29, 1.82) is 0 Å². The van der Waals surface area contributed by atoms with Crippen molar-refractivity contribution in [3.63, 3.8) is 0 Å². The molecule has 0 radical (unpaired) electrons. The highest BCUT2D eigenvalue weighted by Crippen LogP contribution is 2.26. The molecule has 1 aliphatic rings. The normalized spacial score (nSPS) is 13.3. The van der Waals surface area contributed by atoms with Crippen molar-refractivity contribution in [2.24, 2.45) is 0 Å². The number of benzene rings is 1. The molecular weight excluding hydrogens is 250 g/mol. The van der Waals surface area contributed by atoms with Gasteiger partial charge in [0.05, 0.1) is 12.3 Å². The van der Waals surface area contributed by atoms with Gasteiger partial charge in [0.1, 0.15) is 5.75 Å². The Balaban J connectivity index is 1.66. The van der Waals surface area contributed by atoms with Gasteiger partial charge in [-0.15, -0.1) is 0 Å². The minimum absolute atomic E-state index is 0.824. The fourth-order valence-corrected chi connectivity index (χ4v) is 2.68. The standard InChI is InChI=1S/C16H21N3O/c1-12-15(10-17-2)11-19(18-12)7-5-13-3-4-16-14(9-13)6-8-20-16/h3-4,9,11,17H,5-8,10H2,1-2H3. The van der Waals surface area contributed by atoms with Crippen LogP contribution in [0, 0.1) is 6.92 Å². The van der Waals surface area contributed by atoms with Gasteiger partial charge in [-0.3, -0.25) is 4.68 Å². The Labute approximate surface area is 119 Å². The van der Waals surface area contributed by atoms with E-state index in [0.717, 1.165) is 44.0 Å². The quantitative estimate of drug-likeness (QED) is 0.905. The van der Waals surface area contributed by atoms with Crippen LogP contribution in [0.15, 0.2) is 24.4 Å². The summed E-state index contributed by atoms with van der Waals surface area (Å²) in [5, 5.41) is 7.74. The van der Waals surface area contributed by atoms with Gasteiger partial charge in [-0.2, -0.15) is 5.10 Å². The Kier molecular flexibility index (Phi) is 3.74. The third-order valence-electron chi connectivity index (χ3n) is 3.80. The number of fused-ring (bicyclic) bond motifs is 1. The molecule has 2 heterocycles. The van der Waals surface area contributed by atoms with Gasteiger partial charge in [0, 0.05) is 31.3 Å². The van der Waals surface area contributed by atoms with Crippen LogP contribution in [0.3, 0.4) is 0 Å². The lowest BCUT2D eigenvalue weighted by molar-refractivity contribution is 0.357. The molecule has 1 aromatic carbocycles. The molecule has 0 atom stereocenters. The van der Waals surface area contributed by atoms with Gasteiger partial charge >= 0.3 is 0 Å². The third-order valence-corrected chi connectivity index (χ3v) is 3.80. The van der Waals surface area contributed by atoms with Crippen molar-refractivity contribution in [2.75, 3.05) is 13.7 Å². The molecule has 0 saturated carbocycles. The molecule has 4 heteroatoms. The van der Waals surface area contributed by atoms with Crippen LogP contribution in [0.2, 0.25) is 0 Å². The predicted octanol–water partition coefficient (Wildman–Crippen LogP) is 2.09. The van der Waals surface area contributed by atoms with Crippen LogP contribution < -0.4 is 10.1 Å². The minimum Gasteiger partial charge on any atom is -0.493 e. The summed E-state index contributed by atoms with van der Waals surface area (Å²) < 4.78 is 7.59. The fraction of sp³-hybridized carbons (Fsp3) is 0.438. The monoisotopic (exact) mass is 271 g/mol. The zero-order valence-corrected chi connectivity index (χ0v) is 12.1. The molecule has 0 bridgehead atoms. The van der Waals surface area contributed by atoms with Gasteiger partial charge in [-0.1, -0.05) is 12.1 Å². The number of ether oxygens (including phenoxy) is 1. The molecule has 2 aromatic rings. The molecule has 0 saturated heterocycles. The van der Waals surface area contributed by atoms with Gasteiger partial charge in [0.25, 0.3) is 0 Å². The molecule has 0 aliphatic carbocycles. The number of aromatic nitrogens is 2. The molecule has 3 rings (SSSR count). The van der Waals surface area contributed by atoms with E-state index in [9.17, 15) is 0 Å². The van der Waals surface area contributed by atoms with E-state index in [-0.39, 0.29) is 0 Å². The number of rotatable bonds is 5. The first kappa shape index (κ1) is 13.2. The Morgan fingerprint density at radius 3 is 3.15 bits per heavy atom. The van der Waals surface area contributed by atoms with Crippen LogP contribution in [0.4, 0.5) is 0 Å². The molecular formula is C16H21N3O. The average Bonchev–Trinajstić information content (AvgIpc) is 3.03. The zero-order valence-electron chi connectivity index (χ0n) is 12.1. The van der Waals surface area contributed by atoms with Crippen molar-refractivity contribution in [3.8, 4) is 5.75 Å². The summed E-state index contributed by atoms with van der Waals surface area (Å²) >= 11 is 0. The molecule has 1 aromatic heterocycles. The maximum absolute atomic E-state index is 5.54. The number of hydrogen-bond donors (Lipinski definition) is 1. The van der Waals surface area contributed by atoms with Gasteiger partial charge in [-0.05, 0) is 37.6 Å². The highest BCUT2D eigenvalue weighted by atomic mass is 16.5. The van der Waals surface area contributed by atoms with Crippen LogP contribution in [-0.4, -0.2) is 23.4 Å². The molecule has 1 N–H and O–H groups in total. The maximum Gasteiger partial charge on any atom is 0.122 e. The lowest BCUT2D eigenvalue weighted by Crippen LogP contribution is -2.05. The van der Waals surface area contributed by atoms with Gasteiger partial charge in [0.15, 0.2) is 0 Å². The SMILES string of the molecule is CNCc1cn(CCc2ccc3c(c2)CCO3)nc1C. The van der Waals surface area contributed by atoms with E-state index >= 15 is 0 Å². The summed E-state index contributed by atoms with van der Waals surface area (Å²) in [6.45, 7) is 4.69. The highest BCUT2D eigenvalue weighted by molar-refractivity contribution is 5.39. The smallest absolute Gasteiger partial charge is 0.122 e. The van der Waals surface area contributed by atoms with Gasteiger partial charge in [-0.25, -0.2) is 0 Å². The van der Waals surface area contributed by atoms with Crippen molar-refractivity contribution < 1.29 is 4.74 Å². The van der Waals surface area contributed by atoms with E-state index in [1.54, 1.807) is 0 Å². The molecule has 0 fully saturated rings. The van der Waals surface area contributed by atoms with Crippen molar-refractivity contribution in [3.05, 3.63) is 46.8 Å². The average molecular weight is 271 g/mol. The van der Waals surface area contributed by atoms with Crippen molar-refractivity contribution in [2.45, 2.75) is 32.9 Å². The second-order valence-corrected chi connectivity index (χ2v) is 5.32. The number of aryl methyl sites for hydroxylation is 3. The molecule has 0 amide bonds. The summed E-state index contributed by atoms with van der Waals surface area (Å²) in [7, 11) is 1.96. The van der Waals surface area contributed by atoms with Crippen LogP contribution in [-0.2, 0) is 25.9 Å². The number of nitrogens with zero attached hydrogens (tertiary/aromatic N) is 2. The minimum atomic E-state index is 0.824. The zero-order chi connectivity index (χ0) is 13.9. The molecule has 106 valence electrons. The predicted molar refractivity (Wildman–Crippen MR) is 79.1 cm³/mol. The molecule has 0 unspecified atom stereocenters. The first-order valence-corrected chi connectivity index (χ1v) is 7.18. The first-order valence-electron chi connectivity index (χ1n) is 7.18. The first-order chi connectivity index (χ1) is 9.76. The highest BCUT2D eigenvalue weighted by Gasteiger charge is 2.12. The Morgan fingerprint density at radius 1 is 1.40 bits per heavy atom. The Morgan fingerprint density at radius 2 is 2.30 bits per heavy atom. The van der Waals surface area contributed by atoms with Crippen LogP contribution in [0.25, 0.3) is 0 Å². The van der Waals surface area contributed by atoms with Gasteiger partial charge in [0.2, 0.25) is 0 Å². The molecule has 4 nitrogen and oxygen atoms in total. The van der Waals surface area contributed by atoms with Gasteiger partial charge < -0.3 is 10.1 Å². The fourth-order valence-electron chi connectivity index (χ4n) is 2.68.